The number of carbonyl (C=O) groups is 1. The number of anilines is 1. The minimum absolute atomic E-state index is 0.0568. The molecule has 0 radical (unpaired) electrons. The number of alkyl halides is 5. The van der Waals surface area contributed by atoms with Crippen molar-refractivity contribution in [2.45, 2.75) is 31.7 Å². The number of piperidine rings is 1. The second-order valence-electron chi connectivity index (χ2n) is 8.41. The van der Waals surface area contributed by atoms with Crippen molar-refractivity contribution in [2.24, 2.45) is 0 Å². The normalized spacial score (nSPS) is 17.9. The summed E-state index contributed by atoms with van der Waals surface area (Å²) in [7, 11) is 0. The van der Waals surface area contributed by atoms with Crippen molar-refractivity contribution >= 4 is 28.3 Å². The van der Waals surface area contributed by atoms with E-state index < -0.39 is 42.6 Å². The summed E-state index contributed by atoms with van der Waals surface area (Å²) < 4.78 is 74.4. The molecule has 188 valence electrons. The van der Waals surface area contributed by atoms with Crippen molar-refractivity contribution in [3.8, 4) is 17.0 Å². The van der Waals surface area contributed by atoms with Crippen molar-refractivity contribution in [1.82, 2.24) is 24.5 Å². The van der Waals surface area contributed by atoms with Crippen molar-refractivity contribution < 1.29 is 31.5 Å². The Kier molecular flexibility index (Phi) is 5.64. The van der Waals surface area contributed by atoms with Gasteiger partial charge in [-0.1, -0.05) is 12.1 Å². The molecular weight excluding hydrogens is 487 g/mol. The van der Waals surface area contributed by atoms with Gasteiger partial charge in [-0.3, -0.25) is 9.78 Å². The minimum atomic E-state index is -5.09. The van der Waals surface area contributed by atoms with E-state index in [0.717, 1.165) is 14.8 Å². The van der Waals surface area contributed by atoms with Gasteiger partial charge >= 0.3 is 6.36 Å². The van der Waals surface area contributed by atoms with E-state index in [0.29, 0.717) is 16.6 Å². The molecule has 1 amide bonds. The standard InChI is InChI=1S/C23H19F5N6O2/c1-13(35)33-9-7-18(22(24,25)12-33)30-21-31-20(36-23(26,27)28)19-16(6-10-34(19)32-21)14-4-5-17-15(11-14)3-2-8-29-17/h2-6,8,10-11,18H,7,9,12H2,1H3,(H,30,32). The van der Waals surface area contributed by atoms with Crippen LogP contribution in [-0.2, 0) is 4.79 Å². The van der Waals surface area contributed by atoms with Crippen molar-refractivity contribution in [3.05, 3.63) is 48.8 Å². The van der Waals surface area contributed by atoms with Crippen LogP contribution in [0.25, 0.3) is 27.5 Å². The van der Waals surface area contributed by atoms with Gasteiger partial charge in [0, 0.05) is 36.8 Å². The fourth-order valence-electron chi connectivity index (χ4n) is 4.25. The number of hydrogen-bond acceptors (Lipinski definition) is 6. The van der Waals surface area contributed by atoms with E-state index in [4.69, 9.17) is 0 Å². The number of rotatable bonds is 4. The first kappa shape index (κ1) is 23.7. The van der Waals surface area contributed by atoms with Crippen LogP contribution in [0.5, 0.6) is 5.88 Å². The molecule has 0 spiro atoms. The topological polar surface area (TPSA) is 84.7 Å². The molecule has 1 atom stereocenters. The highest BCUT2D eigenvalue weighted by Crippen LogP contribution is 2.36. The average molecular weight is 506 g/mol. The van der Waals surface area contributed by atoms with Gasteiger partial charge in [-0.2, -0.15) is 4.98 Å². The first-order valence-electron chi connectivity index (χ1n) is 10.9. The summed E-state index contributed by atoms with van der Waals surface area (Å²) in [6, 6.07) is 8.77. The Bertz CT molecular complexity index is 1450. The predicted octanol–water partition coefficient (Wildman–Crippen LogP) is 4.51. The molecule has 1 N–H and O–H groups in total. The summed E-state index contributed by atoms with van der Waals surface area (Å²) in [5.41, 5.74) is 1.54. The molecule has 1 aromatic carbocycles. The molecule has 4 aromatic rings. The van der Waals surface area contributed by atoms with E-state index >= 15 is 0 Å². The van der Waals surface area contributed by atoms with Crippen LogP contribution in [0, 0.1) is 0 Å². The van der Waals surface area contributed by atoms with Gasteiger partial charge < -0.3 is 15.0 Å². The molecule has 1 aliphatic rings. The molecule has 1 saturated heterocycles. The van der Waals surface area contributed by atoms with Gasteiger partial charge in [0.2, 0.25) is 11.9 Å². The van der Waals surface area contributed by atoms with Crippen LogP contribution in [0.1, 0.15) is 13.3 Å². The van der Waals surface area contributed by atoms with E-state index in [1.54, 1.807) is 30.5 Å². The van der Waals surface area contributed by atoms with Gasteiger partial charge in [0.05, 0.1) is 18.1 Å². The van der Waals surface area contributed by atoms with Gasteiger partial charge in [0.1, 0.15) is 5.52 Å². The second kappa shape index (κ2) is 8.57. The Morgan fingerprint density at radius 3 is 2.75 bits per heavy atom. The first-order valence-corrected chi connectivity index (χ1v) is 10.9. The average Bonchev–Trinajstić information content (AvgIpc) is 3.23. The maximum absolute atomic E-state index is 14.7. The van der Waals surface area contributed by atoms with Gasteiger partial charge in [-0.25, -0.2) is 13.3 Å². The van der Waals surface area contributed by atoms with Gasteiger partial charge in [0.25, 0.3) is 11.8 Å². The lowest BCUT2D eigenvalue weighted by Crippen LogP contribution is -2.55. The Morgan fingerprint density at radius 2 is 2.03 bits per heavy atom. The quantitative estimate of drug-likeness (QED) is 0.410. The minimum Gasteiger partial charge on any atom is -0.385 e. The molecule has 0 bridgehead atoms. The molecule has 3 aromatic heterocycles. The third kappa shape index (κ3) is 4.60. The molecule has 4 heterocycles. The lowest BCUT2D eigenvalue weighted by molar-refractivity contribution is -0.275. The van der Waals surface area contributed by atoms with Gasteiger partial charge in [0.15, 0.2) is 0 Å². The van der Waals surface area contributed by atoms with Crippen LogP contribution in [-0.4, -0.2) is 61.8 Å². The summed E-state index contributed by atoms with van der Waals surface area (Å²) in [6.07, 6.45) is -2.21. The third-order valence-electron chi connectivity index (χ3n) is 5.95. The van der Waals surface area contributed by atoms with Crippen molar-refractivity contribution in [1.29, 1.82) is 0 Å². The predicted molar refractivity (Wildman–Crippen MR) is 120 cm³/mol. The van der Waals surface area contributed by atoms with E-state index in [-0.39, 0.29) is 18.5 Å². The number of amides is 1. The second-order valence-corrected chi connectivity index (χ2v) is 8.41. The lowest BCUT2D eigenvalue weighted by Gasteiger charge is -2.38. The Morgan fingerprint density at radius 1 is 1.22 bits per heavy atom. The lowest BCUT2D eigenvalue weighted by atomic mass is 10.0. The molecule has 36 heavy (non-hydrogen) atoms. The zero-order chi connectivity index (χ0) is 25.7. The number of likely N-dealkylation sites (tertiary alicyclic amines) is 1. The molecule has 13 heteroatoms. The Balaban J connectivity index is 1.54. The highest BCUT2D eigenvalue weighted by molar-refractivity contribution is 5.90. The highest BCUT2D eigenvalue weighted by Gasteiger charge is 2.46. The maximum atomic E-state index is 14.7. The number of hydrogen-bond donors (Lipinski definition) is 1. The van der Waals surface area contributed by atoms with Crippen LogP contribution in [0.4, 0.5) is 27.9 Å². The molecule has 1 fully saturated rings. The van der Waals surface area contributed by atoms with Crippen LogP contribution in [0.15, 0.2) is 48.8 Å². The molecule has 5 rings (SSSR count). The monoisotopic (exact) mass is 506 g/mol. The summed E-state index contributed by atoms with van der Waals surface area (Å²) in [5, 5.41) is 7.31. The van der Waals surface area contributed by atoms with Crippen LogP contribution in [0.3, 0.4) is 0 Å². The van der Waals surface area contributed by atoms with Crippen molar-refractivity contribution in [3.63, 3.8) is 0 Å². The summed E-state index contributed by atoms with van der Waals surface area (Å²) in [5.74, 6) is -5.15. The summed E-state index contributed by atoms with van der Waals surface area (Å²) >= 11 is 0. The molecule has 1 aliphatic heterocycles. The number of nitrogens with zero attached hydrogens (tertiary/aromatic N) is 5. The highest BCUT2D eigenvalue weighted by atomic mass is 19.4. The smallest absolute Gasteiger partial charge is 0.385 e. The Hall–Kier alpha value is -4.03. The van der Waals surface area contributed by atoms with E-state index in [9.17, 15) is 26.7 Å². The zero-order valence-electron chi connectivity index (χ0n) is 18.8. The number of pyridine rings is 1. The number of carbonyl (C=O) groups excluding carboxylic acids is 1. The SMILES string of the molecule is CC(=O)N1CCC(Nc2nc(OC(F)(F)F)c3c(-c4ccc5ncccc5c4)ccn3n2)C(F)(F)C1. The molecule has 0 aliphatic carbocycles. The fourth-order valence-corrected chi connectivity index (χ4v) is 4.25. The van der Waals surface area contributed by atoms with Crippen LogP contribution in [0.2, 0.25) is 0 Å². The Labute approximate surface area is 200 Å². The summed E-state index contributed by atoms with van der Waals surface area (Å²) in [6.45, 7) is 0.428. The molecule has 1 unspecified atom stereocenters. The molecule has 8 nitrogen and oxygen atoms in total. The number of nitrogens with one attached hydrogen (secondary N) is 1. The maximum Gasteiger partial charge on any atom is 0.574 e. The van der Waals surface area contributed by atoms with E-state index in [2.05, 4.69) is 25.1 Å². The molecule has 0 saturated carbocycles. The zero-order valence-corrected chi connectivity index (χ0v) is 18.8. The molecular formula is C23H19F5N6O2. The van der Waals surface area contributed by atoms with Crippen LogP contribution >= 0.6 is 0 Å². The van der Waals surface area contributed by atoms with E-state index in [1.165, 1.54) is 19.2 Å². The number of fused-ring (bicyclic) bond motifs is 2. The number of aromatic nitrogens is 4. The van der Waals surface area contributed by atoms with Crippen LogP contribution < -0.4 is 10.1 Å². The first-order chi connectivity index (χ1) is 17.0. The summed E-state index contributed by atoms with van der Waals surface area (Å²) in [4.78, 5) is 20.5. The number of halogens is 5. The van der Waals surface area contributed by atoms with Gasteiger partial charge in [-0.05, 0) is 36.2 Å². The third-order valence-corrected chi connectivity index (χ3v) is 5.95. The largest absolute Gasteiger partial charge is 0.574 e. The van der Waals surface area contributed by atoms with Crippen molar-refractivity contribution in [2.75, 3.05) is 18.4 Å². The number of benzene rings is 1. The van der Waals surface area contributed by atoms with E-state index in [1.807, 2.05) is 6.07 Å². The fraction of sp³-hybridized carbons (Fsp3) is 0.304. The van der Waals surface area contributed by atoms with Gasteiger partial charge in [-0.15, -0.1) is 18.3 Å². The number of ether oxygens (including phenoxy) is 1.